The van der Waals surface area contributed by atoms with Crippen molar-refractivity contribution in [1.82, 2.24) is 10.2 Å². The highest BCUT2D eigenvalue weighted by Gasteiger charge is 2.43. The molecule has 0 bridgehead atoms. The molecule has 0 radical (unpaired) electrons. The van der Waals surface area contributed by atoms with Crippen molar-refractivity contribution in [3.63, 3.8) is 0 Å². The average molecular weight is 351 g/mol. The lowest BCUT2D eigenvalue weighted by molar-refractivity contribution is -0.133. The minimum absolute atomic E-state index is 0.407. The van der Waals surface area contributed by atoms with Crippen LogP contribution in [0.15, 0.2) is 48.5 Å². The van der Waals surface area contributed by atoms with Gasteiger partial charge in [-0.1, -0.05) is 42.5 Å². The van der Waals surface area contributed by atoms with Gasteiger partial charge in [-0.05, 0) is 43.5 Å². The van der Waals surface area contributed by atoms with Crippen LogP contribution in [-0.2, 0) is 9.59 Å². The van der Waals surface area contributed by atoms with Crippen LogP contribution >= 0.6 is 0 Å². The summed E-state index contributed by atoms with van der Waals surface area (Å²) in [6, 6.07) is 12.3. The molecular weight excluding hydrogens is 330 g/mol. The Hall–Kier alpha value is -3.15. The van der Waals surface area contributed by atoms with Crippen LogP contribution in [0.5, 0.6) is 0 Å². The number of carbonyl (C=O) groups excluding carboxylic acids is 3. The number of benzene rings is 2. The minimum Gasteiger partial charge on any atom is -0.324 e. The van der Waals surface area contributed by atoms with E-state index in [0.29, 0.717) is 11.3 Å². The Labute approximate surface area is 152 Å². The summed E-state index contributed by atoms with van der Waals surface area (Å²) < 4.78 is 0. The molecule has 2 aromatic carbocycles. The smallest absolute Gasteiger partial charge is 0.324 e. The number of rotatable bonds is 4. The van der Waals surface area contributed by atoms with Crippen LogP contribution in [0.2, 0.25) is 0 Å². The second-order valence-corrected chi connectivity index (χ2v) is 6.41. The highest BCUT2D eigenvalue weighted by atomic mass is 16.2. The molecule has 6 heteroatoms. The molecule has 1 aliphatic rings. The molecule has 2 N–H and O–H groups in total. The highest BCUT2D eigenvalue weighted by molar-refractivity contribution is 6.09. The summed E-state index contributed by atoms with van der Waals surface area (Å²) in [6.07, 6.45) is 0. The van der Waals surface area contributed by atoms with E-state index in [9.17, 15) is 14.4 Å². The number of urea groups is 1. The second kappa shape index (κ2) is 7.00. The van der Waals surface area contributed by atoms with Crippen molar-refractivity contribution in [3.8, 4) is 0 Å². The SMILES string of the molecule is Cc1cccc(NC(=O)C(C)N2C(=O)NC(c3ccccc3)C2=O)c1C. The Morgan fingerprint density at radius 2 is 1.77 bits per heavy atom. The van der Waals surface area contributed by atoms with Crippen molar-refractivity contribution in [1.29, 1.82) is 0 Å². The van der Waals surface area contributed by atoms with Crippen molar-refractivity contribution in [2.75, 3.05) is 5.32 Å². The van der Waals surface area contributed by atoms with Gasteiger partial charge in [0.05, 0.1) is 0 Å². The summed E-state index contributed by atoms with van der Waals surface area (Å²) in [6.45, 7) is 5.41. The molecule has 0 aromatic heterocycles. The summed E-state index contributed by atoms with van der Waals surface area (Å²) in [5, 5.41) is 5.46. The number of carbonyl (C=O) groups is 3. The first-order valence-electron chi connectivity index (χ1n) is 8.45. The zero-order valence-electron chi connectivity index (χ0n) is 14.9. The fraction of sp³-hybridized carbons (Fsp3) is 0.250. The lowest BCUT2D eigenvalue weighted by Gasteiger charge is -2.21. The van der Waals surface area contributed by atoms with Crippen molar-refractivity contribution < 1.29 is 14.4 Å². The number of amides is 4. The van der Waals surface area contributed by atoms with E-state index in [1.807, 2.05) is 32.0 Å². The van der Waals surface area contributed by atoms with E-state index >= 15 is 0 Å². The average Bonchev–Trinajstić information content (AvgIpc) is 2.93. The van der Waals surface area contributed by atoms with Crippen molar-refractivity contribution in [2.24, 2.45) is 0 Å². The number of hydrogen-bond acceptors (Lipinski definition) is 3. The van der Waals surface area contributed by atoms with Crippen molar-refractivity contribution in [3.05, 3.63) is 65.2 Å². The van der Waals surface area contributed by atoms with Crippen LogP contribution in [-0.4, -0.2) is 28.8 Å². The largest absolute Gasteiger partial charge is 0.325 e. The molecule has 1 fully saturated rings. The van der Waals surface area contributed by atoms with Crippen LogP contribution in [0.25, 0.3) is 0 Å². The molecular formula is C20H21N3O3. The summed E-state index contributed by atoms with van der Waals surface area (Å²) in [5.41, 5.74) is 3.37. The van der Waals surface area contributed by atoms with Gasteiger partial charge in [-0.3, -0.25) is 9.59 Å². The third kappa shape index (κ3) is 3.18. The fourth-order valence-corrected chi connectivity index (χ4v) is 2.97. The lowest BCUT2D eigenvalue weighted by atomic mass is 10.1. The van der Waals surface area contributed by atoms with Crippen LogP contribution in [0.3, 0.4) is 0 Å². The number of hydrogen-bond donors (Lipinski definition) is 2. The number of aryl methyl sites for hydroxylation is 1. The van der Waals surface area contributed by atoms with Gasteiger partial charge < -0.3 is 10.6 Å². The van der Waals surface area contributed by atoms with E-state index in [4.69, 9.17) is 0 Å². The van der Waals surface area contributed by atoms with Gasteiger partial charge in [-0.15, -0.1) is 0 Å². The molecule has 1 heterocycles. The first-order valence-corrected chi connectivity index (χ1v) is 8.45. The molecule has 2 aromatic rings. The monoisotopic (exact) mass is 351 g/mol. The van der Waals surface area contributed by atoms with E-state index in [-0.39, 0.29) is 0 Å². The number of nitrogens with one attached hydrogen (secondary N) is 2. The van der Waals surface area contributed by atoms with Gasteiger partial charge >= 0.3 is 6.03 Å². The Morgan fingerprint density at radius 1 is 1.08 bits per heavy atom. The number of anilines is 1. The van der Waals surface area contributed by atoms with Crippen LogP contribution in [0.4, 0.5) is 10.5 Å². The van der Waals surface area contributed by atoms with E-state index in [2.05, 4.69) is 10.6 Å². The topological polar surface area (TPSA) is 78.5 Å². The quantitative estimate of drug-likeness (QED) is 0.832. The van der Waals surface area contributed by atoms with Crippen molar-refractivity contribution in [2.45, 2.75) is 32.9 Å². The molecule has 4 amide bonds. The van der Waals surface area contributed by atoms with E-state index < -0.39 is 29.9 Å². The zero-order chi connectivity index (χ0) is 18.8. The first-order chi connectivity index (χ1) is 12.4. The lowest BCUT2D eigenvalue weighted by Crippen LogP contribution is -2.46. The summed E-state index contributed by atoms with van der Waals surface area (Å²) >= 11 is 0. The normalized spacial score (nSPS) is 17.8. The molecule has 0 saturated carbocycles. The molecule has 26 heavy (non-hydrogen) atoms. The second-order valence-electron chi connectivity index (χ2n) is 6.41. The van der Waals surface area contributed by atoms with E-state index in [0.717, 1.165) is 16.0 Å². The number of imide groups is 1. The molecule has 134 valence electrons. The zero-order valence-corrected chi connectivity index (χ0v) is 14.9. The van der Waals surface area contributed by atoms with Gasteiger partial charge in [0.2, 0.25) is 5.91 Å². The molecule has 6 nitrogen and oxygen atoms in total. The van der Waals surface area contributed by atoms with Gasteiger partial charge in [0.15, 0.2) is 0 Å². The standard InChI is InChI=1S/C20H21N3O3/c1-12-8-7-11-16(13(12)2)21-18(24)14(3)23-19(25)17(22-20(23)26)15-9-5-4-6-10-15/h4-11,14,17H,1-3H3,(H,21,24)(H,22,26). The first kappa shape index (κ1) is 17.7. The van der Waals surface area contributed by atoms with Crippen LogP contribution < -0.4 is 10.6 Å². The third-order valence-corrected chi connectivity index (χ3v) is 4.73. The molecule has 2 atom stereocenters. The molecule has 2 unspecified atom stereocenters. The van der Waals surface area contributed by atoms with Crippen LogP contribution in [0.1, 0.15) is 29.7 Å². The number of nitrogens with zero attached hydrogens (tertiary/aromatic N) is 1. The summed E-state index contributed by atoms with van der Waals surface area (Å²) in [4.78, 5) is 38.6. The van der Waals surface area contributed by atoms with E-state index in [1.165, 1.54) is 0 Å². The maximum Gasteiger partial charge on any atom is 0.325 e. The third-order valence-electron chi connectivity index (χ3n) is 4.73. The van der Waals surface area contributed by atoms with Gasteiger partial charge in [0.1, 0.15) is 12.1 Å². The van der Waals surface area contributed by atoms with Gasteiger partial charge in [-0.25, -0.2) is 9.69 Å². The van der Waals surface area contributed by atoms with Crippen LogP contribution in [0, 0.1) is 13.8 Å². The maximum atomic E-state index is 12.7. The molecule has 0 spiro atoms. The Morgan fingerprint density at radius 3 is 2.46 bits per heavy atom. The Kier molecular flexibility index (Phi) is 4.75. The Balaban J connectivity index is 1.77. The van der Waals surface area contributed by atoms with Gasteiger partial charge in [0, 0.05) is 5.69 Å². The van der Waals surface area contributed by atoms with Gasteiger partial charge in [0.25, 0.3) is 5.91 Å². The molecule has 1 aliphatic heterocycles. The Bertz CT molecular complexity index is 864. The minimum atomic E-state index is -0.920. The molecule has 1 saturated heterocycles. The van der Waals surface area contributed by atoms with Crippen molar-refractivity contribution >= 4 is 23.5 Å². The maximum absolute atomic E-state index is 12.7. The molecule has 0 aliphatic carbocycles. The summed E-state index contributed by atoms with van der Waals surface area (Å²) in [7, 11) is 0. The molecule has 3 rings (SSSR count). The summed E-state index contributed by atoms with van der Waals surface area (Å²) in [5.74, 6) is -0.833. The fourth-order valence-electron chi connectivity index (χ4n) is 2.97. The van der Waals surface area contributed by atoms with Gasteiger partial charge in [-0.2, -0.15) is 0 Å². The highest BCUT2D eigenvalue weighted by Crippen LogP contribution is 2.24. The predicted octanol–water partition coefficient (Wildman–Crippen LogP) is 2.92. The predicted molar refractivity (Wildman–Crippen MR) is 98.6 cm³/mol. The van der Waals surface area contributed by atoms with E-state index in [1.54, 1.807) is 37.3 Å².